The van der Waals surface area contributed by atoms with E-state index in [1.165, 1.54) is 11.1 Å². The Kier molecular flexibility index (Phi) is 3.30. The maximum atomic E-state index is 12.9. The van der Waals surface area contributed by atoms with Crippen LogP contribution < -0.4 is 5.69 Å². The number of hydrogen-bond donors (Lipinski definition) is 0. The van der Waals surface area contributed by atoms with E-state index in [-0.39, 0.29) is 11.6 Å². The number of imidazole rings is 1. The number of benzene rings is 2. The molecule has 1 amide bonds. The molecule has 3 aromatic rings. The summed E-state index contributed by atoms with van der Waals surface area (Å²) < 4.78 is 3.18. The number of amides is 1. The van der Waals surface area contributed by atoms with E-state index in [9.17, 15) is 9.59 Å². The summed E-state index contributed by atoms with van der Waals surface area (Å²) in [5.74, 6) is 0.0164. The molecule has 0 saturated heterocycles. The number of carbonyl (C=O) groups excluding carboxylic acids is 1. The van der Waals surface area contributed by atoms with Crippen LogP contribution in [0.1, 0.15) is 21.5 Å². The third-order valence-corrected chi connectivity index (χ3v) is 4.94. The van der Waals surface area contributed by atoms with Crippen molar-refractivity contribution in [2.75, 3.05) is 6.54 Å². The lowest BCUT2D eigenvalue weighted by Gasteiger charge is -2.29. The van der Waals surface area contributed by atoms with Gasteiger partial charge in [0, 0.05) is 32.7 Å². The standard InChI is InChI=1S/C19H19N3O2/c1-20-16-8-7-14(11-17(16)21(2)19(20)24)18(23)22-10-9-13-5-3-4-6-15(13)12-22/h3-8,11H,9-10,12H2,1-2H3. The molecule has 5 heteroatoms. The minimum absolute atomic E-state index is 0.0164. The molecule has 1 aliphatic heterocycles. The third-order valence-electron chi connectivity index (χ3n) is 4.94. The van der Waals surface area contributed by atoms with Crippen molar-refractivity contribution in [2.45, 2.75) is 13.0 Å². The molecular formula is C19H19N3O2. The van der Waals surface area contributed by atoms with E-state index in [2.05, 4.69) is 12.1 Å². The first-order chi connectivity index (χ1) is 11.6. The molecule has 4 rings (SSSR count). The Morgan fingerprint density at radius 3 is 2.46 bits per heavy atom. The van der Waals surface area contributed by atoms with Gasteiger partial charge in [-0.05, 0) is 35.7 Å². The normalized spacial score (nSPS) is 14.0. The molecule has 0 fully saturated rings. The topological polar surface area (TPSA) is 47.2 Å². The number of aromatic nitrogens is 2. The van der Waals surface area contributed by atoms with Gasteiger partial charge in [-0.15, -0.1) is 0 Å². The highest BCUT2D eigenvalue weighted by Gasteiger charge is 2.22. The Hall–Kier alpha value is -2.82. The molecule has 122 valence electrons. The first-order valence-electron chi connectivity index (χ1n) is 8.08. The van der Waals surface area contributed by atoms with Crippen LogP contribution in [-0.2, 0) is 27.1 Å². The second-order valence-electron chi connectivity index (χ2n) is 6.35. The van der Waals surface area contributed by atoms with Gasteiger partial charge < -0.3 is 4.90 Å². The van der Waals surface area contributed by atoms with Crippen LogP contribution in [0.3, 0.4) is 0 Å². The number of fused-ring (bicyclic) bond motifs is 2. The quantitative estimate of drug-likeness (QED) is 0.689. The molecule has 0 spiro atoms. The molecule has 1 aromatic heterocycles. The molecular weight excluding hydrogens is 302 g/mol. The molecule has 2 aromatic carbocycles. The summed E-state index contributed by atoms with van der Waals surface area (Å²) in [6.07, 6.45) is 0.883. The van der Waals surface area contributed by atoms with Crippen LogP contribution in [0.5, 0.6) is 0 Å². The van der Waals surface area contributed by atoms with E-state index in [1.54, 1.807) is 23.2 Å². The van der Waals surface area contributed by atoms with Crippen molar-refractivity contribution in [3.05, 3.63) is 69.6 Å². The fourth-order valence-corrected chi connectivity index (χ4v) is 3.49. The Labute approximate surface area is 139 Å². The van der Waals surface area contributed by atoms with Gasteiger partial charge in [0.1, 0.15) is 0 Å². The largest absolute Gasteiger partial charge is 0.334 e. The van der Waals surface area contributed by atoms with Crippen molar-refractivity contribution in [3.8, 4) is 0 Å². The molecule has 24 heavy (non-hydrogen) atoms. The second-order valence-corrected chi connectivity index (χ2v) is 6.35. The summed E-state index contributed by atoms with van der Waals surface area (Å²) in [6.45, 7) is 1.36. The molecule has 0 N–H and O–H groups in total. The average molecular weight is 321 g/mol. The first-order valence-corrected chi connectivity index (χ1v) is 8.08. The van der Waals surface area contributed by atoms with Crippen molar-refractivity contribution in [1.29, 1.82) is 0 Å². The predicted octanol–water partition coefficient (Wildman–Crippen LogP) is 2.08. The Morgan fingerprint density at radius 2 is 1.67 bits per heavy atom. The highest BCUT2D eigenvalue weighted by molar-refractivity contribution is 5.97. The second kappa shape index (κ2) is 5.37. The first kappa shape index (κ1) is 14.8. The molecule has 0 aliphatic carbocycles. The summed E-state index contributed by atoms with van der Waals surface area (Å²) >= 11 is 0. The van der Waals surface area contributed by atoms with E-state index in [1.807, 2.05) is 35.2 Å². The monoisotopic (exact) mass is 321 g/mol. The lowest BCUT2D eigenvalue weighted by atomic mass is 9.99. The smallest absolute Gasteiger partial charge is 0.328 e. The fourth-order valence-electron chi connectivity index (χ4n) is 3.49. The Balaban J connectivity index is 1.69. The molecule has 0 radical (unpaired) electrons. The van der Waals surface area contributed by atoms with Gasteiger partial charge in [0.2, 0.25) is 0 Å². The Bertz CT molecular complexity index is 1010. The molecule has 5 nitrogen and oxygen atoms in total. The summed E-state index contributed by atoms with van der Waals surface area (Å²) in [7, 11) is 3.48. The van der Waals surface area contributed by atoms with Gasteiger partial charge >= 0.3 is 5.69 Å². The van der Waals surface area contributed by atoms with Crippen molar-refractivity contribution >= 4 is 16.9 Å². The molecule has 0 unspecified atom stereocenters. The van der Waals surface area contributed by atoms with Crippen LogP contribution in [-0.4, -0.2) is 26.5 Å². The third kappa shape index (κ3) is 2.16. The van der Waals surface area contributed by atoms with Crippen molar-refractivity contribution in [2.24, 2.45) is 14.1 Å². The van der Waals surface area contributed by atoms with Gasteiger partial charge in [0.15, 0.2) is 0 Å². The number of rotatable bonds is 1. The van der Waals surface area contributed by atoms with Crippen molar-refractivity contribution < 1.29 is 4.79 Å². The number of hydrogen-bond acceptors (Lipinski definition) is 2. The van der Waals surface area contributed by atoms with E-state index in [4.69, 9.17) is 0 Å². The minimum atomic E-state index is -0.0819. The van der Waals surface area contributed by atoms with Crippen LogP contribution in [0, 0.1) is 0 Å². The molecule has 0 bridgehead atoms. The van der Waals surface area contributed by atoms with Crippen molar-refractivity contribution in [3.63, 3.8) is 0 Å². The lowest BCUT2D eigenvalue weighted by Crippen LogP contribution is -2.35. The molecule has 0 saturated carbocycles. The molecule has 2 heterocycles. The van der Waals surface area contributed by atoms with Gasteiger partial charge in [0.25, 0.3) is 5.91 Å². The molecule has 1 aliphatic rings. The van der Waals surface area contributed by atoms with E-state index >= 15 is 0 Å². The van der Waals surface area contributed by atoms with Gasteiger partial charge in [0.05, 0.1) is 11.0 Å². The van der Waals surface area contributed by atoms with Gasteiger partial charge in [-0.25, -0.2) is 4.79 Å². The zero-order valence-electron chi connectivity index (χ0n) is 13.8. The average Bonchev–Trinajstić information content (AvgIpc) is 2.84. The van der Waals surface area contributed by atoms with E-state index in [0.717, 1.165) is 24.0 Å². The number of aryl methyl sites for hydroxylation is 2. The maximum Gasteiger partial charge on any atom is 0.328 e. The summed E-state index contributed by atoms with van der Waals surface area (Å²) in [5.41, 5.74) is 4.70. The predicted molar refractivity (Wildman–Crippen MR) is 93.0 cm³/mol. The van der Waals surface area contributed by atoms with Crippen LogP contribution in [0.2, 0.25) is 0 Å². The highest BCUT2D eigenvalue weighted by Crippen LogP contribution is 2.21. The zero-order valence-corrected chi connectivity index (χ0v) is 13.8. The molecule has 0 atom stereocenters. The zero-order chi connectivity index (χ0) is 16.8. The SMILES string of the molecule is Cn1c(=O)n(C)c2cc(C(=O)N3CCc4ccccc4C3)ccc21. The van der Waals surface area contributed by atoms with Gasteiger partial charge in [-0.3, -0.25) is 13.9 Å². The van der Waals surface area contributed by atoms with Gasteiger partial charge in [-0.1, -0.05) is 24.3 Å². The van der Waals surface area contributed by atoms with Crippen LogP contribution in [0.15, 0.2) is 47.3 Å². The minimum Gasteiger partial charge on any atom is -0.334 e. The number of carbonyl (C=O) groups is 1. The van der Waals surface area contributed by atoms with Crippen LogP contribution >= 0.6 is 0 Å². The highest BCUT2D eigenvalue weighted by atomic mass is 16.2. The lowest BCUT2D eigenvalue weighted by molar-refractivity contribution is 0.0735. The van der Waals surface area contributed by atoms with E-state index in [0.29, 0.717) is 12.1 Å². The van der Waals surface area contributed by atoms with Crippen molar-refractivity contribution in [1.82, 2.24) is 14.0 Å². The fraction of sp³-hybridized carbons (Fsp3) is 0.263. The summed E-state index contributed by atoms with van der Waals surface area (Å²) in [5, 5.41) is 0. The van der Waals surface area contributed by atoms with Gasteiger partial charge in [-0.2, -0.15) is 0 Å². The van der Waals surface area contributed by atoms with Crippen LogP contribution in [0.4, 0.5) is 0 Å². The maximum absolute atomic E-state index is 12.9. The van der Waals surface area contributed by atoms with E-state index < -0.39 is 0 Å². The summed E-state index contributed by atoms with van der Waals surface area (Å²) in [4.78, 5) is 26.8. The number of nitrogens with zero attached hydrogens (tertiary/aromatic N) is 3. The Morgan fingerprint density at radius 1 is 0.958 bits per heavy atom. The van der Waals surface area contributed by atoms with Crippen LogP contribution in [0.25, 0.3) is 11.0 Å². The summed E-state index contributed by atoms with van der Waals surface area (Å²) in [6, 6.07) is 13.7.